The van der Waals surface area contributed by atoms with E-state index in [1.54, 1.807) is 0 Å². The predicted octanol–water partition coefficient (Wildman–Crippen LogP) is 0.846. The minimum absolute atomic E-state index is 0.321. The zero-order chi connectivity index (χ0) is 13.0. The van der Waals surface area contributed by atoms with Crippen LogP contribution in [0.4, 0.5) is 0 Å². The summed E-state index contributed by atoms with van der Waals surface area (Å²) in [5.74, 6) is -1.77. The molecule has 0 radical (unpaired) electrons. The Labute approximate surface area is 105 Å². The monoisotopic (exact) mass is 246 g/mol. The van der Waals surface area contributed by atoms with E-state index in [9.17, 15) is 9.59 Å². The number of methoxy groups -OCH3 is 1. The quantitative estimate of drug-likeness (QED) is 0.584. The molecule has 5 heteroatoms. The second-order valence-electron chi connectivity index (χ2n) is 3.96. The van der Waals surface area contributed by atoms with Crippen molar-refractivity contribution in [2.24, 2.45) is 11.0 Å². The van der Waals surface area contributed by atoms with Crippen LogP contribution < -0.4 is 0 Å². The molecule has 0 aliphatic carbocycles. The van der Waals surface area contributed by atoms with E-state index in [2.05, 4.69) is 9.84 Å². The van der Waals surface area contributed by atoms with Crippen LogP contribution in [0, 0.1) is 5.92 Å². The first-order chi connectivity index (χ1) is 8.72. The van der Waals surface area contributed by atoms with Crippen LogP contribution in [0.3, 0.4) is 0 Å². The Morgan fingerprint density at radius 2 is 2.11 bits per heavy atom. The van der Waals surface area contributed by atoms with Crippen molar-refractivity contribution in [3.63, 3.8) is 0 Å². The molecule has 1 aromatic rings. The zero-order valence-corrected chi connectivity index (χ0v) is 10.1. The van der Waals surface area contributed by atoms with Crippen molar-refractivity contribution in [1.82, 2.24) is 5.01 Å². The molecule has 0 N–H and O–H groups in total. The van der Waals surface area contributed by atoms with Crippen LogP contribution >= 0.6 is 0 Å². The molecule has 0 bridgehead atoms. The van der Waals surface area contributed by atoms with Gasteiger partial charge in [-0.15, -0.1) is 0 Å². The lowest BCUT2D eigenvalue weighted by Gasteiger charge is -2.13. The van der Waals surface area contributed by atoms with Crippen molar-refractivity contribution in [1.29, 1.82) is 0 Å². The molecule has 1 heterocycles. The number of benzene rings is 1. The van der Waals surface area contributed by atoms with Gasteiger partial charge in [0.15, 0.2) is 5.92 Å². The van der Waals surface area contributed by atoms with Crippen molar-refractivity contribution in [3.8, 4) is 0 Å². The van der Waals surface area contributed by atoms with Crippen molar-refractivity contribution in [3.05, 3.63) is 35.9 Å². The summed E-state index contributed by atoms with van der Waals surface area (Å²) in [7, 11) is 1.26. The molecule has 0 saturated carbocycles. The average molecular weight is 246 g/mol. The number of esters is 1. The fourth-order valence-corrected chi connectivity index (χ4v) is 1.76. The van der Waals surface area contributed by atoms with E-state index in [4.69, 9.17) is 0 Å². The third kappa shape index (κ3) is 2.56. The maximum Gasteiger partial charge on any atom is 0.323 e. The van der Waals surface area contributed by atoms with Crippen LogP contribution in [0.15, 0.2) is 35.4 Å². The Hall–Kier alpha value is -2.17. The molecule has 94 valence electrons. The predicted molar refractivity (Wildman–Crippen MR) is 65.9 cm³/mol. The minimum Gasteiger partial charge on any atom is -0.468 e. The van der Waals surface area contributed by atoms with Crippen molar-refractivity contribution >= 4 is 18.1 Å². The standard InChI is InChI=1S/C13H14N2O3/c1-18-13(17)11-9-14-15(12(11)16)8-7-10-5-3-2-4-6-10/h2-6,9,11H,7-8H2,1H3. The van der Waals surface area contributed by atoms with Gasteiger partial charge in [-0.05, 0) is 12.0 Å². The minimum atomic E-state index is -0.884. The summed E-state index contributed by atoms with van der Waals surface area (Å²) in [6.07, 6.45) is 2.04. The molecule has 2 rings (SSSR count). The van der Waals surface area contributed by atoms with Gasteiger partial charge in [0.05, 0.1) is 7.11 Å². The summed E-state index contributed by atoms with van der Waals surface area (Å²) >= 11 is 0. The number of hydrogen-bond acceptors (Lipinski definition) is 4. The summed E-state index contributed by atoms with van der Waals surface area (Å²) in [6, 6.07) is 9.81. The Balaban J connectivity index is 1.91. The van der Waals surface area contributed by atoms with Crippen LogP contribution in [0.25, 0.3) is 0 Å². The first kappa shape index (κ1) is 12.3. The van der Waals surface area contributed by atoms with Crippen molar-refractivity contribution < 1.29 is 14.3 Å². The highest BCUT2D eigenvalue weighted by Crippen LogP contribution is 2.12. The zero-order valence-electron chi connectivity index (χ0n) is 10.1. The highest BCUT2D eigenvalue weighted by Gasteiger charge is 2.34. The fourth-order valence-electron chi connectivity index (χ4n) is 1.76. The molecular formula is C13H14N2O3. The summed E-state index contributed by atoms with van der Waals surface area (Å²) in [5, 5.41) is 5.25. The molecule has 0 spiro atoms. The van der Waals surface area contributed by atoms with E-state index in [1.165, 1.54) is 18.3 Å². The van der Waals surface area contributed by atoms with Gasteiger partial charge < -0.3 is 4.74 Å². The molecule has 1 aliphatic rings. The van der Waals surface area contributed by atoms with E-state index in [0.717, 1.165) is 5.56 Å². The van der Waals surface area contributed by atoms with Gasteiger partial charge in [-0.3, -0.25) is 9.59 Å². The lowest BCUT2D eigenvalue weighted by molar-refractivity contribution is -0.148. The summed E-state index contributed by atoms with van der Waals surface area (Å²) < 4.78 is 4.54. The topological polar surface area (TPSA) is 59.0 Å². The van der Waals surface area contributed by atoms with Crippen LogP contribution in [0.5, 0.6) is 0 Å². The van der Waals surface area contributed by atoms with Crippen molar-refractivity contribution in [2.45, 2.75) is 6.42 Å². The van der Waals surface area contributed by atoms with Gasteiger partial charge in [0.1, 0.15) is 0 Å². The second kappa shape index (κ2) is 5.44. The van der Waals surface area contributed by atoms with Crippen LogP contribution in [0.1, 0.15) is 5.56 Å². The van der Waals surface area contributed by atoms with Gasteiger partial charge in [-0.1, -0.05) is 30.3 Å². The lowest BCUT2D eigenvalue weighted by Crippen LogP contribution is -2.32. The smallest absolute Gasteiger partial charge is 0.323 e. The van der Waals surface area contributed by atoms with Gasteiger partial charge >= 0.3 is 5.97 Å². The first-order valence-corrected chi connectivity index (χ1v) is 5.69. The Kier molecular flexibility index (Phi) is 3.72. The Bertz CT molecular complexity index is 470. The molecule has 0 aromatic heterocycles. The average Bonchev–Trinajstić information content (AvgIpc) is 2.78. The van der Waals surface area contributed by atoms with Crippen molar-refractivity contribution in [2.75, 3.05) is 13.7 Å². The normalized spacial score (nSPS) is 18.2. The number of carbonyl (C=O) groups is 2. The van der Waals surface area contributed by atoms with Gasteiger partial charge in [0.2, 0.25) is 0 Å². The number of rotatable bonds is 4. The van der Waals surface area contributed by atoms with Gasteiger partial charge in [0.25, 0.3) is 5.91 Å². The number of nitrogens with zero attached hydrogens (tertiary/aromatic N) is 2. The summed E-state index contributed by atoms with van der Waals surface area (Å²) in [4.78, 5) is 23.1. The number of ether oxygens (including phenoxy) is 1. The number of amides is 1. The first-order valence-electron chi connectivity index (χ1n) is 5.69. The molecule has 1 aromatic carbocycles. The SMILES string of the molecule is COC(=O)C1C=NN(CCc2ccccc2)C1=O. The molecule has 5 nitrogen and oxygen atoms in total. The number of carbonyl (C=O) groups excluding carboxylic acids is 2. The summed E-state index contributed by atoms with van der Waals surface area (Å²) in [5.41, 5.74) is 1.13. The molecule has 1 atom stereocenters. The number of hydrogen-bond donors (Lipinski definition) is 0. The molecule has 1 amide bonds. The number of hydrazone groups is 1. The lowest BCUT2D eigenvalue weighted by atomic mass is 10.1. The highest BCUT2D eigenvalue weighted by molar-refractivity contribution is 6.13. The highest BCUT2D eigenvalue weighted by atomic mass is 16.5. The maximum atomic E-state index is 11.8. The van der Waals surface area contributed by atoms with Crippen LogP contribution in [-0.4, -0.2) is 36.8 Å². The molecule has 18 heavy (non-hydrogen) atoms. The van der Waals surface area contributed by atoms with E-state index in [1.807, 2.05) is 30.3 Å². The van der Waals surface area contributed by atoms with Crippen LogP contribution in [-0.2, 0) is 20.7 Å². The molecule has 0 saturated heterocycles. The van der Waals surface area contributed by atoms with Gasteiger partial charge in [0, 0.05) is 12.8 Å². The van der Waals surface area contributed by atoms with Crippen LogP contribution in [0.2, 0.25) is 0 Å². The largest absolute Gasteiger partial charge is 0.468 e. The van der Waals surface area contributed by atoms with E-state index in [-0.39, 0.29) is 5.91 Å². The second-order valence-corrected chi connectivity index (χ2v) is 3.96. The Morgan fingerprint density at radius 1 is 1.39 bits per heavy atom. The maximum absolute atomic E-state index is 11.8. The molecule has 0 fully saturated rings. The van der Waals surface area contributed by atoms with E-state index < -0.39 is 11.9 Å². The molecular weight excluding hydrogens is 232 g/mol. The van der Waals surface area contributed by atoms with Gasteiger partial charge in [-0.25, -0.2) is 5.01 Å². The third-order valence-corrected chi connectivity index (χ3v) is 2.79. The fraction of sp³-hybridized carbons (Fsp3) is 0.308. The van der Waals surface area contributed by atoms with E-state index in [0.29, 0.717) is 13.0 Å². The molecule has 1 unspecified atom stereocenters. The third-order valence-electron chi connectivity index (χ3n) is 2.79. The molecule has 1 aliphatic heterocycles. The Morgan fingerprint density at radius 3 is 2.78 bits per heavy atom. The summed E-state index contributed by atoms with van der Waals surface area (Å²) in [6.45, 7) is 0.465. The van der Waals surface area contributed by atoms with Gasteiger partial charge in [-0.2, -0.15) is 5.10 Å². The van der Waals surface area contributed by atoms with E-state index >= 15 is 0 Å².